The molecule has 0 aromatic carbocycles. The zero-order valence-corrected chi connectivity index (χ0v) is 24.0. The van der Waals surface area contributed by atoms with Gasteiger partial charge in [-0.25, -0.2) is 0 Å². The van der Waals surface area contributed by atoms with E-state index in [-0.39, 0.29) is 18.4 Å². The number of aryl methyl sites for hydroxylation is 1. The van der Waals surface area contributed by atoms with Crippen molar-refractivity contribution < 1.29 is 23.6 Å². The van der Waals surface area contributed by atoms with E-state index in [0.717, 1.165) is 38.6 Å². The van der Waals surface area contributed by atoms with E-state index in [1.165, 1.54) is 89.9 Å². The van der Waals surface area contributed by atoms with Crippen LogP contribution in [-0.2, 0) is 25.5 Å². The summed E-state index contributed by atoms with van der Waals surface area (Å²) in [5, 5.41) is 2.08. The molecular weight excluding hydrogens is 470 g/mol. The topological polar surface area (TPSA) is 48.6 Å². The van der Waals surface area contributed by atoms with Crippen molar-refractivity contribution in [2.45, 2.75) is 154 Å². The predicted octanol–water partition coefficient (Wildman–Crippen LogP) is 8.14. The average Bonchev–Trinajstić information content (AvgIpc) is 3.57. The maximum atomic E-state index is 12.0. The molecular formula is C30H54NO4S+. The van der Waals surface area contributed by atoms with Gasteiger partial charge < -0.3 is 14.2 Å². The molecule has 1 aromatic heterocycles. The Kier molecular flexibility index (Phi) is 19.1. The smallest absolute Gasteiger partial charge is 0.305 e. The molecule has 0 aliphatic carbocycles. The van der Waals surface area contributed by atoms with Crippen LogP contribution in [0.5, 0.6) is 0 Å². The van der Waals surface area contributed by atoms with E-state index in [1.54, 1.807) is 11.3 Å². The Morgan fingerprint density at radius 1 is 0.861 bits per heavy atom. The van der Waals surface area contributed by atoms with Gasteiger partial charge in [0.1, 0.15) is 19.3 Å². The van der Waals surface area contributed by atoms with Gasteiger partial charge in [0.25, 0.3) is 0 Å². The summed E-state index contributed by atoms with van der Waals surface area (Å²) in [6, 6.07) is 0. The summed E-state index contributed by atoms with van der Waals surface area (Å²) < 4.78 is 19.3. The van der Waals surface area contributed by atoms with Gasteiger partial charge in [0.15, 0.2) is 12.5 Å². The summed E-state index contributed by atoms with van der Waals surface area (Å²) in [6.07, 6.45) is 27.0. The van der Waals surface area contributed by atoms with E-state index < -0.39 is 0 Å². The Balaban J connectivity index is 1.30. The Labute approximate surface area is 225 Å². The number of ether oxygens (including phenoxy) is 3. The van der Waals surface area contributed by atoms with Crippen LogP contribution in [0.3, 0.4) is 0 Å². The van der Waals surface area contributed by atoms with Crippen LogP contribution in [-0.4, -0.2) is 31.6 Å². The van der Waals surface area contributed by atoms with Gasteiger partial charge >= 0.3 is 5.97 Å². The Morgan fingerprint density at radius 3 is 2.08 bits per heavy atom. The number of thiazole rings is 1. The van der Waals surface area contributed by atoms with Gasteiger partial charge in [-0.05, 0) is 25.7 Å². The first-order valence-electron chi connectivity index (χ1n) is 15.1. The SMILES string of the molecule is CCCCCCCCCCCCCCCCC[C@H]1OC[C@H](COC(=O)CCCCC[n+]2ccsc2)O1. The maximum absolute atomic E-state index is 12.0. The highest BCUT2D eigenvalue weighted by molar-refractivity contribution is 7.07. The molecule has 0 amide bonds. The van der Waals surface area contributed by atoms with Crippen LogP contribution in [0.25, 0.3) is 0 Å². The lowest BCUT2D eigenvalue weighted by molar-refractivity contribution is -0.692. The zero-order chi connectivity index (χ0) is 25.5. The maximum Gasteiger partial charge on any atom is 0.305 e. The molecule has 0 N–H and O–H groups in total. The van der Waals surface area contributed by atoms with Crippen molar-refractivity contribution in [1.29, 1.82) is 0 Å². The molecule has 1 aliphatic heterocycles. The first kappa shape index (κ1) is 31.2. The molecule has 0 bridgehead atoms. The molecule has 1 aromatic rings. The lowest BCUT2D eigenvalue weighted by Gasteiger charge is -2.12. The van der Waals surface area contributed by atoms with Gasteiger partial charge in [-0.1, -0.05) is 108 Å². The summed E-state index contributed by atoms with van der Waals surface area (Å²) in [7, 11) is 0. The summed E-state index contributed by atoms with van der Waals surface area (Å²) >= 11 is 1.71. The third-order valence-electron chi connectivity index (χ3n) is 7.11. The number of unbranched alkanes of at least 4 members (excludes halogenated alkanes) is 16. The van der Waals surface area contributed by atoms with E-state index in [2.05, 4.69) is 28.6 Å². The highest BCUT2D eigenvalue weighted by atomic mass is 32.1. The number of carbonyl (C=O) groups excluding carboxylic acids is 1. The van der Waals surface area contributed by atoms with Crippen molar-refractivity contribution in [3.05, 3.63) is 17.1 Å². The third kappa shape index (κ3) is 16.7. The summed E-state index contributed by atoms with van der Waals surface area (Å²) in [4.78, 5) is 12.0. The first-order valence-corrected chi connectivity index (χ1v) is 16.1. The number of carbonyl (C=O) groups is 1. The molecule has 6 heteroatoms. The third-order valence-corrected chi connectivity index (χ3v) is 7.78. The number of rotatable bonds is 24. The molecule has 0 radical (unpaired) electrons. The fourth-order valence-corrected chi connectivity index (χ4v) is 5.45. The molecule has 0 spiro atoms. The van der Waals surface area contributed by atoms with Gasteiger partial charge in [-0.3, -0.25) is 4.79 Å². The lowest BCUT2D eigenvalue weighted by Crippen LogP contribution is -2.29. The van der Waals surface area contributed by atoms with Crippen molar-refractivity contribution in [2.75, 3.05) is 13.2 Å². The molecule has 1 aliphatic rings. The van der Waals surface area contributed by atoms with Crippen molar-refractivity contribution in [3.63, 3.8) is 0 Å². The van der Waals surface area contributed by atoms with Gasteiger partial charge in [0, 0.05) is 12.8 Å². The van der Waals surface area contributed by atoms with Gasteiger partial charge in [0.05, 0.1) is 12.0 Å². The highest BCUT2D eigenvalue weighted by Gasteiger charge is 2.26. The number of aromatic nitrogens is 1. The van der Waals surface area contributed by atoms with E-state index in [1.807, 2.05) is 0 Å². The van der Waals surface area contributed by atoms with Crippen LogP contribution >= 0.6 is 11.3 Å². The van der Waals surface area contributed by atoms with Crippen LogP contribution in [0, 0.1) is 0 Å². The van der Waals surface area contributed by atoms with Crippen LogP contribution < -0.4 is 4.57 Å². The van der Waals surface area contributed by atoms with Gasteiger partial charge in [0.2, 0.25) is 5.51 Å². The summed E-state index contributed by atoms with van der Waals surface area (Å²) in [5.41, 5.74) is 2.12. The van der Waals surface area contributed by atoms with Crippen molar-refractivity contribution >= 4 is 17.3 Å². The van der Waals surface area contributed by atoms with Crippen LogP contribution in [0.15, 0.2) is 17.1 Å². The van der Waals surface area contributed by atoms with Crippen molar-refractivity contribution in [2.24, 2.45) is 0 Å². The van der Waals surface area contributed by atoms with E-state index in [4.69, 9.17) is 14.2 Å². The number of hydrogen-bond donors (Lipinski definition) is 0. The minimum Gasteiger partial charge on any atom is -0.463 e. The lowest BCUT2D eigenvalue weighted by atomic mass is 10.0. The molecule has 2 rings (SSSR count). The minimum atomic E-state index is -0.120. The molecule has 0 saturated carbocycles. The second-order valence-corrected chi connectivity index (χ2v) is 11.3. The Bertz CT molecular complexity index is 624. The van der Waals surface area contributed by atoms with Crippen molar-refractivity contribution in [3.8, 4) is 0 Å². The molecule has 36 heavy (non-hydrogen) atoms. The molecule has 2 atom stereocenters. The second-order valence-electron chi connectivity index (χ2n) is 10.5. The second kappa shape index (κ2) is 22.0. The van der Waals surface area contributed by atoms with E-state index >= 15 is 0 Å². The monoisotopic (exact) mass is 524 g/mol. The fourth-order valence-electron chi connectivity index (χ4n) is 4.82. The molecule has 5 nitrogen and oxygen atoms in total. The summed E-state index contributed by atoms with van der Waals surface area (Å²) in [5.74, 6) is -0.118. The molecule has 1 fully saturated rings. The molecule has 208 valence electrons. The quantitative estimate of drug-likeness (QED) is 0.0778. The number of nitrogens with zero attached hydrogens (tertiary/aromatic N) is 1. The largest absolute Gasteiger partial charge is 0.463 e. The Morgan fingerprint density at radius 2 is 1.47 bits per heavy atom. The zero-order valence-electron chi connectivity index (χ0n) is 23.1. The van der Waals surface area contributed by atoms with Gasteiger partial charge in [-0.2, -0.15) is 4.57 Å². The normalized spacial score (nSPS) is 17.6. The Hall–Kier alpha value is -0.980. The standard InChI is InChI=1S/C30H54NO4S/c1-2-3-4-5-6-7-8-9-10-11-12-13-14-15-18-21-30-34-26-28(35-30)25-33-29(32)20-17-16-19-22-31-23-24-36-27-31/h23-24,27-28,30H,2-22,25-26H2,1H3/q+1/t28-,30-/m0/s1. The number of hydrogen-bond acceptors (Lipinski definition) is 5. The first-order chi connectivity index (χ1) is 17.8. The van der Waals surface area contributed by atoms with E-state index in [0.29, 0.717) is 19.6 Å². The van der Waals surface area contributed by atoms with E-state index in [9.17, 15) is 4.79 Å². The molecule has 1 saturated heterocycles. The number of esters is 1. The van der Waals surface area contributed by atoms with Gasteiger partial charge in [-0.15, -0.1) is 0 Å². The van der Waals surface area contributed by atoms with Crippen LogP contribution in [0.1, 0.15) is 135 Å². The summed E-state index contributed by atoms with van der Waals surface area (Å²) in [6.45, 7) is 4.16. The van der Waals surface area contributed by atoms with Crippen molar-refractivity contribution in [1.82, 2.24) is 0 Å². The highest BCUT2D eigenvalue weighted by Crippen LogP contribution is 2.19. The van der Waals surface area contributed by atoms with Crippen LogP contribution in [0.4, 0.5) is 0 Å². The fraction of sp³-hybridized carbons (Fsp3) is 0.867. The molecule has 0 unspecified atom stereocenters. The van der Waals surface area contributed by atoms with Crippen LogP contribution in [0.2, 0.25) is 0 Å². The minimum absolute atomic E-state index is 0.106. The predicted molar refractivity (Wildman–Crippen MR) is 148 cm³/mol. The average molecular weight is 525 g/mol. The molecule has 2 heterocycles.